The molecule has 0 atom stereocenters. The molecule has 1 amide bonds. The predicted octanol–water partition coefficient (Wildman–Crippen LogP) is 4.63. The Balaban J connectivity index is 1.64. The average Bonchev–Trinajstić information content (AvgIpc) is 2.93. The Morgan fingerprint density at radius 2 is 1.84 bits per heavy atom. The van der Waals surface area contributed by atoms with Gasteiger partial charge in [0.25, 0.3) is 0 Å². The first-order valence-electron chi connectivity index (χ1n) is 8.76. The molecule has 25 heavy (non-hydrogen) atoms. The first-order valence-corrected chi connectivity index (χ1v) is 8.76. The van der Waals surface area contributed by atoms with Gasteiger partial charge in [0, 0.05) is 31.0 Å². The van der Waals surface area contributed by atoms with E-state index in [-0.39, 0.29) is 11.3 Å². The van der Waals surface area contributed by atoms with E-state index in [4.69, 9.17) is 0 Å². The maximum Gasteiger partial charge on any atom is 0.248 e. The number of anilines is 2. The third kappa shape index (κ3) is 4.11. The molecular weight excluding hydrogens is 308 g/mol. The van der Waals surface area contributed by atoms with Gasteiger partial charge in [-0.25, -0.2) is 0 Å². The molecule has 0 aliphatic carbocycles. The van der Waals surface area contributed by atoms with Gasteiger partial charge in [-0.15, -0.1) is 0 Å². The van der Waals surface area contributed by atoms with Crippen molar-refractivity contribution in [2.75, 3.05) is 23.8 Å². The van der Waals surface area contributed by atoms with Gasteiger partial charge in [0.05, 0.1) is 0 Å². The fraction of sp³-hybridized carbons (Fsp3) is 0.318. The van der Waals surface area contributed by atoms with Crippen LogP contribution in [0.2, 0.25) is 0 Å². The SMILES string of the molecule is CN1CCc2ccc(NC(=O)/C=C/c3ccc(C(C)(C)C)cc3)cc21. The summed E-state index contributed by atoms with van der Waals surface area (Å²) in [4.78, 5) is 14.4. The molecule has 0 saturated heterocycles. The van der Waals surface area contributed by atoms with Crippen molar-refractivity contribution in [1.29, 1.82) is 0 Å². The Bertz CT molecular complexity index is 798. The van der Waals surface area contributed by atoms with Crippen LogP contribution in [0.1, 0.15) is 37.5 Å². The topological polar surface area (TPSA) is 32.3 Å². The van der Waals surface area contributed by atoms with Crippen LogP contribution in [0.25, 0.3) is 6.08 Å². The van der Waals surface area contributed by atoms with Crippen LogP contribution >= 0.6 is 0 Å². The molecule has 0 bridgehead atoms. The molecule has 130 valence electrons. The number of benzene rings is 2. The molecule has 3 heteroatoms. The van der Waals surface area contributed by atoms with Crippen LogP contribution in [-0.2, 0) is 16.6 Å². The lowest BCUT2D eigenvalue weighted by atomic mass is 9.87. The molecular formula is C22H26N2O. The molecule has 0 unspecified atom stereocenters. The van der Waals surface area contributed by atoms with Gasteiger partial charge in [-0.05, 0) is 46.7 Å². The van der Waals surface area contributed by atoms with E-state index in [1.807, 2.05) is 18.2 Å². The van der Waals surface area contributed by atoms with Crippen molar-refractivity contribution in [2.24, 2.45) is 0 Å². The van der Waals surface area contributed by atoms with Crippen LogP contribution in [-0.4, -0.2) is 19.5 Å². The van der Waals surface area contributed by atoms with Crippen molar-refractivity contribution in [3.8, 4) is 0 Å². The summed E-state index contributed by atoms with van der Waals surface area (Å²) >= 11 is 0. The smallest absolute Gasteiger partial charge is 0.248 e. The lowest BCUT2D eigenvalue weighted by molar-refractivity contribution is -0.111. The first kappa shape index (κ1) is 17.3. The summed E-state index contributed by atoms with van der Waals surface area (Å²) in [6, 6.07) is 14.5. The van der Waals surface area contributed by atoms with Crippen molar-refractivity contribution >= 4 is 23.4 Å². The molecule has 1 aliphatic rings. The number of rotatable bonds is 3. The zero-order chi connectivity index (χ0) is 18.0. The highest BCUT2D eigenvalue weighted by atomic mass is 16.1. The Morgan fingerprint density at radius 3 is 2.52 bits per heavy atom. The van der Waals surface area contributed by atoms with Crippen LogP contribution < -0.4 is 10.2 Å². The van der Waals surface area contributed by atoms with E-state index in [0.29, 0.717) is 0 Å². The zero-order valence-corrected chi connectivity index (χ0v) is 15.5. The van der Waals surface area contributed by atoms with E-state index in [9.17, 15) is 4.79 Å². The molecule has 1 aliphatic heterocycles. The van der Waals surface area contributed by atoms with E-state index >= 15 is 0 Å². The Kier molecular flexibility index (Phi) is 4.67. The van der Waals surface area contributed by atoms with Crippen LogP contribution in [0.5, 0.6) is 0 Å². The van der Waals surface area contributed by atoms with E-state index in [0.717, 1.165) is 24.2 Å². The lowest BCUT2D eigenvalue weighted by Gasteiger charge is -2.18. The van der Waals surface area contributed by atoms with E-state index in [1.54, 1.807) is 6.08 Å². The summed E-state index contributed by atoms with van der Waals surface area (Å²) in [5.74, 6) is -0.111. The molecule has 0 aromatic heterocycles. The minimum Gasteiger partial charge on any atom is -0.374 e. The molecule has 0 radical (unpaired) electrons. The highest BCUT2D eigenvalue weighted by Gasteiger charge is 2.16. The number of amides is 1. The molecule has 3 nitrogen and oxygen atoms in total. The highest BCUT2D eigenvalue weighted by molar-refractivity contribution is 6.02. The number of hydrogen-bond donors (Lipinski definition) is 1. The van der Waals surface area contributed by atoms with Gasteiger partial charge in [0.1, 0.15) is 0 Å². The summed E-state index contributed by atoms with van der Waals surface area (Å²) in [7, 11) is 2.08. The van der Waals surface area contributed by atoms with Crippen molar-refractivity contribution in [1.82, 2.24) is 0 Å². The monoisotopic (exact) mass is 334 g/mol. The standard InChI is InChI=1S/C22H26N2O/c1-22(2,3)18-9-5-16(6-10-18)7-12-21(25)23-19-11-8-17-13-14-24(4)20(17)15-19/h5-12,15H,13-14H2,1-4H3,(H,23,25)/b12-7+. The lowest BCUT2D eigenvalue weighted by Crippen LogP contribution is -2.13. The van der Waals surface area contributed by atoms with Gasteiger partial charge < -0.3 is 10.2 Å². The normalized spacial score (nSPS) is 14.0. The molecule has 3 rings (SSSR count). The summed E-state index contributed by atoms with van der Waals surface area (Å²) in [5, 5.41) is 2.95. The largest absolute Gasteiger partial charge is 0.374 e. The maximum atomic E-state index is 12.2. The summed E-state index contributed by atoms with van der Waals surface area (Å²) in [6.45, 7) is 7.62. The second kappa shape index (κ2) is 6.75. The van der Waals surface area contributed by atoms with Crippen molar-refractivity contribution in [3.05, 3.63) is 65.2 Å². The van der Waals surface area contributed by atoms with E-state index in [1.165, 1.54) is 16.8 Å². The minimum atomic E-state index is -0.111. The zero-order valence-electron chi connectivity index (χ0n) is 15.5. The second-order valence-electron chi connectivity index (χ2n) is 7.71. The Morgan fingerprint density at radius 1 is 1.12 bits per heavy atom. The molecule has 2 aromatic carbocycles. The fourth-order valence-electron chi connectivity index (χ4n) is 3.07. The quantitative estimate of drug-likeness (QED) is 0.830. The fourth-order valence-corrected chi connectivity index (χ4v) is 3.07. The van der Waals surface area contributed by atoms with Crippen molar-refractivity contribution in [3.63, 3.8) is 0 Å². The molecule has 0 saturated carbocycles. The third-order valence-corrected chi connectivity index (χ3v) is 4.68. The first-order chi connectivity index (χ1) is 11.8. The van der Waals surface area contributed by atoms with E-state index < -0.39 is 0 Å². The van der Waals surface area contributed by atoms with Crippen LogP contribution in [0.15, 0.2) is 48.5 Å². The minimum absolute atomic E-state index is 0.111. The Labute approximate surface area is 150 Å². The number of fused-ring (bicyclic) bond motifs is 1. The molecule has 1 heterocycles. The number of nitrogens with one attached hydrogen (secondary N) is 1. The van der Waals surface area contributed by atoms with E-state index in [2.05, 4.69) is 68.4 Å². The third-order valence-electron chi connectivity index (χ3n) is 4.68. The number of carbonyl (C=O) groups excluding carboxylic acids is 1. The summed E-state index contributed by atoms with van der Waals surface area (Å²) in [5.41, 5.74) is 5.84. The number of carbonyl (C=O) groups is 1. The number of likely N-dealkylation sites (N-methyl/N-ethyl adjacent to an activating group) is 1. The molecule has 0 spiro atoms. The summed E-state index contributed by atoms with van der Waals surface area (Å²) in [6.07, 6.45) is 4.51. The van der Waals surface area contributed by atoms with Crippen molar-refractivity contribution < 1.29 is 4.79 Å². The Hall–Kier alpha value is -2.55. The molecule has 1 N–H and O–H groups in total. The molecule has 2 aromatic rings. The second-order valence-corrected chi connectivity index (χ2v) is 7.71. The van der Waals surface area contributed by atoms with Crippen LogP contribution in [0.4, 0.5) is 11.4 Å². The molecule has 0 fully saturated rings. The van der Waals surface area contributed by atoms with Gasteiger partial charge in [0.2, 0.25) is 5.91 Å². The number of hydrogen-bond acceptors (Lipinski definition) is 2. The predicted molar refractivity (Wildman–Crippen MR) is 106 cm³/mol. The van der Waals surface area contributed by atoms with Crippen molar-refractivity contribution in [2.45, 2.75) is 32.6 Å². The average molecular weight is 334 g/mol. The van der Waals surface area contributed by atoms with Gasteiger partial charge in [0.15, 0.2) is 0 Å². The van der Waals surface area contributed by atoms with Gasteiger partial charge >= 0.3 is 0 Å². The van der Waals surface area contributed by atoms with Gasteiger partial charge in [-0.1, -0.05) is 51.1 Å². The maximum absolute atomic E-state index is 12.2. The summed E-state index contributed by atoms with van der Waals surface area (Å²) < 4.78 is 0. The highest BCUT2D eigenvalue weighted by Crippen LogP contribution is 2.29. The van der Waals surface area contributed by atoms with Crippen LogP contribution in [0, 0.1) is 0 Å². The van der Waals surface area contributed by atoms with Gasteiger partial charge in [-0.2, -0.15) is 0 Å². The number of nitrogens with zero attached hydrogens (tertiary/aromatic N) is 1. The van der Waals surface area contributed by atoms with Crippen LogP contribution in [0.3, 0.4) is 0 Å². The van der Waals surface area contributed by atoms with Gasteiger partial charge in [-0.3, -0.25) is 4.79 Å².